The van der Waals surface area contributed by atoms with Crippen LogP contribution in [0.4, 0.5) is 5.69 Å². The van der Waals surface area contributed by atoms with Gasteiger partial charge in [0.15, 0.2) is 0 Å². The molecule has 2 aliphatic carbocycles. The Bertz CT molecular complexity index is 786. The van der Waals surface area contributed by atoms with Crippen LogP contribution in [-0.2, 0) is 4.79 Å². The van der Waals surface area contributed by atoms with Crippen molar-refractivity contribution in [1.29, 1.82) is 0 Å². The zero-order valence-electron chi connectivity index (χ0n) is 14.2. The summed E-state index contributed by atoms with van der Waals surface area (Å²) < 4.78 is 0. The number of aliphatic carboxylic acids is 1. The van der Waals surface area contributed by atoms with Crippen LogP contribution in [0.2, 0.25) is 0 Å². The van der Waals surface area contributed by atoms with E-state index in [1.165, 1.54) is 27.9 Å². The fourth-order valence-electron chi connectivity index (χ4n) is 5.81. The molecule has 5 atom stereocenters. The highest BCUT2D eigenvalue weighted by Crippen LogP contribution is 2.56. The lowest BCUT2D eigenvalue weighted by atomic mass is 9.70. The van der Waals surface area contributed by atoms with Gasteiger partial charge < -0.3 is 14.8 Å². The molecule has 0 unspecified atom stereocenters. The summed E-state index contributed by atoms with van der Waals surface area (Å²) >= 11 is 0. The van der Waals surface area contributed by atoms with Crippen LogP contribution in [0.3, 0.4) is 0 Å². The molecule has 2 aliphatic heterocycles. The number of benzene rings is 1. The lowest BCUT2D eigenvalue weighted by Crippen LogP contribution is -2.58. The van der Waals surface area contributed by atoms with Crippen molar-refractivity contribution in [3.05, 3.63) is 52.6 Å². The van der Waals surface area contributed by atoms with Gasteiger partial charge in [-0.25, -0.2) is 0 Å². The minimum atomic E-state index is -0.908. The smallest absolute Gasteiger partial charge is 0.0727 e. The van der Waals surface area contributed by atoms with E-state index in [1.54, 1.807) is 0 Å². The maximum absolute atomic E-state index is 12.1. The molecule has 4 aliphatic rings. The van der Waals surface area contributed by atoms with Crippen LogP contribution in [-0.4, -0.2) is 18.6 Å². The molecule has 0 amide bonds. The van der Waals surface area contributed by atoms with Crippen molar-refractivity contribution in [2.45, 2.75) is 44.6 Å². The van der Waals surface area contributed by atoms with Crippen LogP contribution >= 0.6 is 0 Å². The molecule has 0 aromatic heterocycles. The van der Waals surface area contributed by atoms with Crippen LogP contribution in [0.1, 0.15) is 46.9 Å². The third-order valence-electron chi connectivity index (χ3n) is 6.66. The topological polar surface area (TPSA) is 43.4 Å². The highest BCUT2D eigenvalue weighted by molar-refractivity contribution is 5.83. The number of hydrogen-bond acceptors (Lipinski definition) is 3. The first kappa shape index (κ1) is 14.3. The molecule has 0 radical (unpaired) electrons. The van der Waals surface area contributed by atoms with Crippen LogP contribution < -0.4 is 10.0 Å². The number of aryl methyl sites for hydroxylation is 2. The first-order chi connectivity index (χ1) is 11.6. The molecule has 0 saturated carbocycles. The number of carboxylic acids is 1. The van der Waals surface area contributed by atoms with E-state index >= 15 is 0 Å². The number of hydrogen-bond donors (Lipinski definition) is 0. The maximum Gasteiger partial charge on any atom is 0.0727 e. The molecule has 3 nitrogen and oxygen atoms in total. The van der Waals surface area contributed by atoms with Gasteiger partial charge in [0.05, 0.1) is 12.0 Å². The molecule has 3 heteroatoms. The van der Waals surface area contributed by atoms with Crippen molar-refractivity contribution in [3.8, 4) is 0 Å². The molecule has 24 heavy (non-hydrogen) atoms. The number of carbonyl (C=O) groups is 1. The maximum atomic E-state index is 12.1. The van der Waals surface area contributed by atoms with Gasteiger partial charge in [0.2, 0.25) is 0 Å². The van der Waals surface area contributed by atoms with E-state index in [-0.39, 0.29) is 11.8 Å². The van der Waals surface area contributed by atoms with Gasteiger partial charge in [-0.15, -0.1) is 0 Å². The molecular formula is C21H22NO2-. The lowest BCUT2D eigenvalue weighted by molar-refractivity contribution is -0.309. The highest BCUT2D eigenvalue weighted by Gasteiger charge is 2.48. The van der Waals surface area contributed by atoms with E-state index in [0.29, 0.717) is 11.8 Å². The number of rotatable bonds is 1. The van der Waals surface area contributed by atoms with Crippen LogP contribution in [0.15, 0.2) is 30.4 Å². The number of anilines is 1. The fraction of sp³-hybridized carbons (Fsp3) is 0.476. The van der Waals surface area contributed by atoms with Crippen LogP contribution in [0.5, 0.6) is 0 Å². The summed E-state index contributed by atoms with van der Waals surface area (Å²) in [5.41, 5.74) is 6.54. The molecule has 0 spiro atoms. The predicted molar refractivity (Wildman–Crippen MR) is 92.0 cm³/mol. The number of allylic oxidation sites excluding steroid dienone is 4. The second kappa shape index (κ2) is 4.75. The van der Waals surface area contributed by atoms with Crippen molar-refractivity contribution >= 4 is 11.7 Å². The Hall–Kier alpha value is -2.03. The Morgan fingerprint density at radius 2 is 1.75 bits per heavy atom. The van der Waals surface area contributed by atoms with Gasteiger partial charge >= 0.3 is 0 Å². The monoisotopic (exact) mass is 320 g/mol. The number of nitrogens with zero attached hydrogens (tertiary/aromatic N) is 1. The number of fused-ring (bicyclic) bond motifs is 4. The minimum absolute atomic E-state index is 0.114. The average Bonchev–Trinajstić information content (AvgIpc) is 3.17. The molecule has 0 N–H and O–H groups in total. The van der Waals surface area contributed by atoms with E-state index in [4.69, 9.17) is 0 Å². The zero-order chi connectivity index (χ0) is 16.6. The SMILES string of the molecule is Cc1cc(C)c2c3c1[C@H]1C=CC[C@H]1CN3[C@H](C(=O)[O-])[C@H]1CC=C[C@H]21. The fourth-order valence-corrected chi connectivity index (χ4v) is 5.81. The lowest BCUT2D eigenvalue weighted by Gasteiger charge is -2.52. The van der Waals surface area contributed by atoms with E-state index in [0.717, 1.165) is 19.4 Å². The molecule has 0 bridgehead atoms. The zero-order valence-corrected chi connectivity index (χ0v) is 14.2. The summed E-state index contributed by atoms with van der Waals surface area (Å²) in [6.45, 7) is 5.20. The van der Waals surface area contributed by atoms with Gasteiger partial charge in [-0.2, -0.15) is 0 Å². The van der Waals surface area contributed by atoms with Crippen LogP contribution in [0, 0.1) is 25.7 Å². The summed E-state index contributed by atoms with van der Waals surface area (Å²) in [5, 5.41) is 12.1. The van der Waals surface area contributed by atoms with Gasteiger partial charge in [-0.1, -0.05) is 30.4 Å². The van der Waals surface area contributed by atoms with Gasteiger partial charge in [0.1, 0.15) is 0 Å². The third kappa shape index (κ3) is 1.65. The largest absolute Gasteiger partial charge is 0.548 e. The van der Waals surface area contributed by atoms with Crippen LogP contribution in [0.25, 0.3) is 0 Å². The van der Waals surface area contributed by atoms with E-state index in [2.05, 4.69) is 49.1 Å². The quantitative estimate of drug-likeness (QED) is 0.747. The van der Waals surface area contributed by atoms with Gasteiger partial charge in [-0.3, -0.25) is 0 Å². The molecule has 1 aromatic carbocycles. The van der Waals surface area contributed by atoms with Crippen molar-refractivity contribution in [3.63, 3.8) is 0 Å². The second-order valence-corrected chi connectivity index (χ2v) is 7.91. The Labute approximate surface area is 142 Å². The second-order valence-electron chi connectivity index (χ2n) is 7.91. The number of carbonyl (C=O) groups excluding carboxylic acids is 1. The van der Waals surface area contributed by atoms with E-state index in [9.17, 15) is 9.90 Å². The molecule has 1 aromatic rings. The van der Waals surface area contributed by atoms with Gasteiger partial charge in [0.25, 0.3) is 0 Å². The summed E-state index contributed by atoms with van der Waals surface area (Å²) in [6.07, 6.45) is 10.9. The highest BCUT2D eigenvalue weighted by atomic mass is 16.4. The minimum Gasteiger partial charge on any atom is -0.548 e. The Balaban J connectivity index is 1.82. The summed E-state index contributed by atoms with van der Waals surface area (Å²) in [4.78, 5) is 14.3. The van der Waals surface area contributed by atoms with Crippen molar-refractivity contribution in [2.75, 3.05) is 11.4 Å². The predicted octanol–water partition coefficient (Wildman–Crippen LogP) is 2.57. The normalized spacial score (nSPS) is 34.9. The Morgan fingerprint density at radius 3 is 2.50 bits per heavy atom. The van der Waals surface area contributed by atoms with Crippen molar-refractivity contribution in [2.24, 2.45) is 11.8 Å². The summed E-state index contributed by atoms with van der Waals surface area (Å²) in [6, 6.07) is 1.81. The molecule has 2 heterocycles. The Morgan fingerprint density at radius 1 is 1.08 bits per heavy atom. The Kier molecular flexibility index (Phi) is 2.83. The molecule has 5 rings (SSSR count). The third-order valence-corrected chi connectivity index (χ3v) is 6.66. The van der Waals surface area contributed by atoms with E-state index < -0.39 is 12.0 Å². The first-order valence-corrected chi connectivity index (χ1v) is 9.02. The molecular weight excluding hydrogens is 298 g/mol. The van der Waals surface area contributed by atoms with E-state index in [1.807, 2.05) is 0 Å². The number of carboxylic acid groups (broad SMARTS) is 1. The average molecular weight is 320 g/mol. The molecule has 124 valence electrons. The van der Waals surface area contributed by atoms with Crippen molar-refractivity contribution < 1.29 is 9.90 Å². The summed E-state index contributed by atoms with van der Waals surface area (Å²) in [5.74, 6) is 0.372. The first-order valence-electron chi connectivity index (χ1n) is 9.02. The van der Waals surface area contributed by atoms with Gasteiger partial charge in [0, 0.05) is 24.1 Å². The summed E-state index contributed by atoms with van der Waals surface area (Å²) in [7, 11) is 0. The molecule has 0 saturated heterocycles. The van der Waals surface area contributed by atoms with Gasteiger partial charge in [-0.05, 0) is 60.8 Å². The standard InChI is InChI=1S/C21H23NO2/c1-11-9-12(2)18-15-7-4-8-16(15)19(21(23)24)22-10-13-5-3-6-14(13)17(11)20(18)22/h3-4,6-7,9,13-16,19H,5,8,10H2,1-2H3,(H,23,24)/p-1/t13-,14-,15-,16-,19-/m0/s1. The van der Waals surface area contributed by atoms with Crippen molar-refractivity contribution in [1.82, 2.24) is 0 Å². The molecule has 0 fully saturated rings.